The Morgan fingerprint density at radius 1 is 0.582 bits per heavy atom. The first kappa shape index (κ1) is 79.8. The van der Waals surface area contributed by atoms with Gasteiger partial charge in [-0.15, -0.1) is 17.5 Å². The van der Waals surface area contributed by atoms with Gasteiger partial charge < -0.3 is 62.3 Å². The molecule has 0 aliphatic carbocycles. The SMILES string of the molecule is C=C[Si](O)(O)O[Si](CCc1ccc(C(=CC)CC=C(CC)c2ccc(SOOO)cc2)cc1)(O[Si](O)(C=C)OC)O[Si](CCc1ccc(C(CC)CCC(CCC)c2ccc(S(=O)(=O)O)cc2)cc1)(O[Si](O)(C=C)C[Si](O)(C=C)OC)O[Si](O)(C=C)O[Si](C)(C)C. The van der Waals surface area contributed by atoms with Crippen LogP contribution in [0.25, 0.3) is 11.1 Å². The molecule has 0 spiro atoms. The van der Waals surface area contributed by atoms with Crippen molar-refractivity contribution in [2.24, 2.45) is 0 Å². The molecule has 8 unspecified atom stereocenters. The highest BCUT2D eigenvalue weighted by molar-refractivity contribution is 7.94. The summed E-state index contributed by atoms with van der Waals surface area (Å²) >= 11 is 0.875. The largest absolute Gasteiger partial charge is 0.518 e. The van der Waals surface area contributed by atoms with Crippen molar-refractivity contribution in [3.63, 3.8) is 0 Å². The molecule has 0 aliphatic rings. The van der Waals surface area contributed by atoms with E-state index >= 15 is 0 Å². The first-order valence-corrected chi connectivity index (χ1v) is 49.2. The quantitative estimate of drug-likeness (QED) is 0.00671. The second kappa shape index (κ2) is 35.9. The smallest absolute Gasteiger partial charge is 0.413 e. The topological polar surface area (TPSA) is 288 Å². The third-order valence-electron chi connectivity index (χ3n) is 15.1. The zero-order valence-electron chi connectivity index (χ0n) is 53.7. The van der Waals surface area contributed by atoms with Crippen LogP contribution in [0.3, 0.4) is 0 Å². The molecule has 0 amide bonds. The molecule has 4 aromatic rings. The van der Waals surface area contributed by atoms with E-state index < -0.39 is 85.2 Å². The molecule has 4 rings (SSSR count). The number of hydrogen-bond acceptors (Lipinski definition) is 20. The lowest BCUT2D eigenvalue weighted by Gasteiger charge is -2.46. The van der Waals surface area contributed by atoms with E-state index in [0.29, 0.717) is 17.5 Å². The van der Waals surface area contributed by atoms with Crippen LogP contribution >= 0.6 is 12.0 Å². The first-order chi connectivity index (χ1) is 42.8. The molecule has 502 valence electrons. The van der Waals surface area contributed by atoms with E-state index in [2.05, 4.69) is 69.1 Å². The summed E-state index contributed by atoms with van der Waals surface area (Å²) in [5.41, 5.74) is 12.2. The molecule has 30 heteroatoms. The number of aryl methyl sites for hydroxylation is 2. The van der Waals surface area contributed by atoms with Crippen molar-refractivity contribution in [1.29, 1.82) is 0 Å². The van der Waals surface area contributed by atoms with Gasteiger partial charge in [0.2, 0.25) is 0 Å². The minimum Gasteiger partial charge on any atom is -0.413 e. The summed E-state index contributed by atoms with van der Waals surface area (Å²) in [4.78, 5) is 73.6. The van der Waals surface area contributed by atoms with Crippen molar-refractivity contribution in [3.05, 3.63) is 204 Å². The maximum atomic E-state index is 12.9. The summed E-state index contributed by atoms with van der Waals surface area (Å²) in [5, 5.41) is 12.3. The highest BCUT2D eigenvalue weighted by Crippen LogP contribution is 2.39. The monoisotopic (exact) mass is 1430 g/mol. The minimum absolute atomic E-state index is 0.0167. The zero-order valence-corrected chi connectivity index (χ0v) is 63.4. The lowest BCUT2D eigenvalue weighted by atomic mass is 9.84. The summed E-state index contributed by atoms with van der Waals surface area (Å²) in [6.45, 7) is 32.7. The van der Waals surface area contributed by atoms with E-state index in [9.17, 15) is 41.7 Å². The van der Waals surface area contributed by atoms with Crippen molar-refractivity contribution in [1.82, 2.24) is 0 Å². The molecule has 0 saturated carbocycles. The summed E-state index contributed by atoms with van der Waals surface area (Å²) < 4.78 is 89.6. The molecule has 0 heterocycles. The Labute approximate surface area is 551 Å². The molecule has 8 atom stereocenters. The third kappa shape index (κ3) is 25.1. The first-order valence-electron chi connectivity index (χ1n) is 29.9. The Bertz CT molecular complexity index is 3160. The van der Waals surface area contributed by atoms with Crippen LogP contribution in [0.5, 0.6) is 0 Å². The minimum atomic E-state index is -5.22. The van der Waals surface area contributed by atoms with Crippen LogP contribution < -0.4 is 0 Å². The van der Waals surface area contributed by atoms with E-state index in [0.717, 1.165) is 112 Å². The van der Waals surface area contributed by atoms with Crippen LogP contribution in [-0.4, -0.2) is 131 Å². The van der Waals surface area contributed by atoms with Crippen molar-refractivity contribution in [2.45, 2.75) is 145 Å². The Hall–Kier alpha value is -3.62. The van der Waals surface area contributed by atoms with Gasteiger partial charge in [0, 0.05) is 36.9 Å². The molecule has 0 aromatic heterocycles. The van der Waals surface area contributed by atoms with Gasteiger partial charge in [-0.25, -0.2) is 5.26 Å². The van der Waals surface area contributed by atoms with Gasteiger partial charge >= 0.3 is 61.1 Å². The molecule has 0 fully saturated rings. The Morgan fingerprint density at radius 2 is 1.09 bits per heavy atom. The van der Waals surface area contributed by atoms with Gasteiger partial charge in [-0.05, 0) is 181 Å². The Kier molecular flexibility index (Phi) is 31.5. The van der Waals surface area contributed by atoms with E-state index in [4.69, 9.17) is 38.8 Å². The van der Waals surface area contributed by atoms with E-state index in [1.165, 1.54) is 32.1 Å². The Morgan fingerprint density at radius 3 is 1.55 bits per heavy atom. The fraction of sp³-hybridized carbons (Fsp3) is 0.377. The lowest BCUT2D eigenvalue weighted by Crippen LogP contribution is -2.71. The van der Waals surface area contributed by atoms with Gasteiger partial charge in [0.1, 0.15) is 0 Å². The maximum Gasteiger partial charge on any atom is 0.518 e. The van der Waals surface area contributed by atoms with Gasteiger partial charge in [-0.1, -0.05) is 143 Å². The molecule has 0 radical (unpaired) electrons. The highest BCUT2D eigenvalue weighted by atomic mass is 32.2. The fourth-order valence-electron chi connectivity index (χ4n) is 10.2. The van der Waals surface area contributed by atoms with Crippen LogP contribution in [-0.2, 0) is 65.9 Å². The van der Waals surface area contributed by atoms with Crippen molar-refractivity contribution in [3.8, 4) is 0 Å². The van der Waals surface area contributed by atoms with Crippen molar-refractivity contribution >= 4 is 103 Å². The highest BCUT2D eigenvalue weighted by Gasteiger charge is 2.65. The van der Waals surface area contributed by atoms with Gasteiger partial charge in [0.05, 0.1) is 16.9 Å². The molecule has 20 nitrogen and oxygen atoms in total. The number of rotatable bonds is 44. The van der Waals surface area contributed by atoms with Crippen LogP contribution in [0, 0.1) is 0 Å². The number of benzene rings is 4. The van der Waals surface area contributed by atoms with Crippen LogP contribution in [0.4, 0.5) is 0 Å². The summed E-state index contributed by atoms with van der Waals surface area (Å²) in [6.07, 6.45) is 9.76. The number of allylic oxidation sites excluding steroid dienone is 4. The van der Waals surface area contributed by atoms with E-state index in [1.807, 2.05) is 105 Å². The predicted octanol–water partition coefficient (Wildman–Crippen LogP) is 12.2. The molecule has 0 saturated heterocycles. The molecular formula is C61H94O20S2Si8. The summed E-state index contributed by atoms with van der Waals surface area (Å²) in [5.74, 6) is 0.252. The van der Waals surface area contributed by atoms with Crippen LogP contribution in [0.15, 0.2) is 180 Å². The standard InChI is InChI=1S/C61H94O20S2Si8/c1-15-24-55(59-39-43-61(44-40-59)83(63,64)65)36-35-54(18-4)57-31-25-50(26-32-57)45-47-90(80-89(71,23-9)76-84(12,13)14,77-86(67,20-6)49-85(66,19-5)72-10)81-91(78-87(68,69)21-7,79-88(70,22-8)73-11)48-46-51-27-29-56(30-28-51)52(16-2)33-34-53(17-3)58-37-41-60(42-38-58)82-75-74-62/h16,19-23,25-32,34,37-44,54-55,62,66-71H,5-9,15,17-18,24,33,35-36,45-49H2,1-4,10-14H3,(H,63,64,65). The number of hydrogen-bond donors (Lipinski definition) is 8. The van der Waals surface area contributed by atoms with Gasteiger partial charge in [-0.2, -0.15) is 8.42 Å². The van der Waals surface area contributed by atoms with E-state index in [1.54, 1.807) is 12.1 Å². The molecule has 0 aliphatic heterocycles. The molecular weight excluding hydrogens is 1340 g/mol. The summed E-state index contributed by atoms with van der Waals surface area (Å²) in [6, 6.07) is 28.8. The van der Waals surface area contributed by atoms with Gasteiger partial charge in [0.25, 0.3) is 10.1 Å². The Balaban J connectivity index is 1.91. The van der Waals surface area contributed by atoms with Crippen molar-refractivity contribution < 1.29 is 89.9 Å². The third-order valence-corrected chi connectivity index (χ3v) is 42.5. The van der Waals surface area contributed by atoms with Crippen LogP contribution in [0.1, 0.15) is 118 Å². The molecule has 91 heavy (non-hydrogen) atoms. The molecule has 4 aromatic carbocycles. The van der Waals surface area contributed by atoms with Crippen LogP contribution in [0.2, 0.25) is 37.4 Å². The maximum absolute atomic E-state index is 12.9. The fourth-order valence-corrected chi connectivity index (χ4v) is 39.3. The van der Waals surface area contributed by atoms with Gasteiger partial charge in [0.15, 0.2) is 8.32 Å². The second-order valence-corrected chi connectivity index (χ2v) is 49.4. The van der Waals surface area contributed by atoms with Crippen molar-refractivity contribution in [2.75, 3.05) is 14.2 Å². The predicted molar refractivity (Wildman–Crippen MR) is 373 cm³/mol. The van der Waals surface area contributed by atoms with Gasteiger partial charge in [-0.3, -0.25) is 4.55 Å². The van der Waals surface area contributed by atoms with E-state index in [-0.39, 0.29) is 41.7 Å². The summed E-state index contributed by atoms with van der Waals surface area (Å²) in [7, 11) is -38.5. The molecule has 0 bridgehead atoms. The second-order valence-electron chi connectivity index (χ2n) is 22.8. The average molecular weight is 1440 g/mol. The normalized spacial score (nSPS) is 17.4. The zero-order chi connectivity index (χ0) is 68.0. The average Bonchev–Trinajstić information content (AvgIpc) is 0.765. The molecule has 8 N–H and O–H groups in total. The lowest BCUT2D eigenvalue weighted by molar-refractivity contribution is -0.432.